The SMILES string of the molecule is CC(C)(C)NCc1ccnn1Cc1ccc(Br)s1. The van der Waals surface area contributed by atoms with E-state index >= 15 is 0 Å². The van der Waals surface area contributed by atoms with Gasteiger partial charge in [-0.3, -0.25) is 4.68 Å². The van der Waals surface area contributed by atoms with Crippen LogP contribution in [0.5, 0.6) is 0 Å². The zero-order valence-electron chi connectivity index (χ0n) is 10.9. The van der Waals surface area contributed by atoms with E-state index in [0.29, 0.717) is 0 Å². The molecule has 2 aromatic heterocycles. The Balaban J connectivity index is 2.03. The Labute approximate surface area is 120 Å². The number of hydrogen-bond acceptors (Lipinski definition) is 3. The van der Waals surface area contributed by atoms with Gasteiger partial charge in [0.15, 0.2) is 0 Å². The summed E-state index contributed by atoms with van der Waals surface area (Å²) in [5.41, 5.74) is 1.34. The number of nitrogens with zero attached hydrogens (tertiary/aromatic N) is 2. The zero-order valence-corrected chi connectivity index (χ0v) is 13.3. The Morgan fingerprint density at radius 1 is 1.33 bits per heavy atom. The molecular formula is C13H18BrN3S. The highest BCUT2D eigenvalue weighted by molar-refractivity contribution is 9.11. The van der Waals surface area contributed by atoms with Gasteiger partial charge in [-0.15, -0.1) is 11.3 Å². The molecule has 3 nitrogen and oxygen atoms in total. The lowest BCUT2D eigenvalue weighted by atomic mass is 10.1. The minimum absolute atomic E-state index is 0.126. The van der Waals surface area contributed by atoms with Crippen molar-refractivity contribution in [2.75, 3.05) is 0 Å². The van der Waals surface area contributed by atoms with Gasteiger partial charge in [0.05, 0.1) is 16.0 Å². The molecule has 0 fully saturated rings. The van der Waals surface area contributed by atoms with Gasteiger partial charge >= 0.3 is 0 Å². The third kappa shape index (κ3) is 3.93. The summed E-state index contributed by atoms with van der Waals surface area (Å²) in [5, 5.41) is 7.88. The van der Waals surface area contributed by atoms with Crippen molar-refractivity contribution < 1.29 is 0 Å². The normalized spacial score (nSPS) is 12.0. The van der Waals surface area contributed by atoms with Crippen molar-refractivity contribution in [1.29, 1.82) is 0 Å². The molecule has 0 spiro atoms. The molecule has 0 saturated carbocycles. The largest absolute Gasteiger partial charge is 0.306 e. The maximum Gasteiger partial charge on any atom is 0.0756 e. The zero-order chi connectivity index (χ0) is 13.2. The molecule has 2 heterocycles. The van der Waals surface area contributed by atoms with Crippen LogP contribution in [0.1, 0.15) is 31.3 Å². The molecule has 0 aromatic carbocycles. The van der Waals surface area contributed by atoms with E-state index in [1.165, 1.54) is 14.4 Å². The van der Waals surface area contributed by atoms with E-state index in [1.54, 1.807) is 11.3 Å². The molecule has 0 aliphatic rings. The van der Waals surface area contributed by atoms with Crippen LogP contribution in [0, 0.1) is 0 Å². The van der Waals surface area contributed by atoms with Crippen molar-refractivity contribution in [2.24, 2.45) is 0 Å². The predicted molar refractivity (Wildman–Crippen MR) is 79.9 cm³/mol. The van der Waals surface area contributed by atoms with Gasteiger partial charge in [-0.2, -0.15) is 5.10 Å². The first-order valence-electron chi connectivity index (χ1n) is 5.94. The summed E-state index contributed by atoms with van der Waals surface area (Å²) in [7, 11) is 0. The molecule has 0 amide bonds. The van der Waals surface area contributed by atoms with E-state index in [-0.39, 0.29) is 5.54 Å². The van der Waals surface area contributed by atoms with Crippen LogP contribution in [-0.2, 0) is 13.1 Å². The summed E-state index contributed by atoms with van der Waals surface area (Å²) in [4.78, 5) is 1.31. The number of aromatic nitrogens is 2. The summed E-state index contributed by atoms with van der Waals surface area (Å²) in [6, 6.07) is 6.29. The Bertz CT molecular complexity index is 510. The third-order valence-electron chi connectivity index (χ3n) is 2.54. The average Bonchev–Trinajstić information content (AvgIpc) is 2.85. The first-order chi connectivity index (χ1) is 8.44. The van der Waals surface area contributed by atoms with Crippen molar-refractivity contribution in [3.63, 3.8) is 0 Å². The van der Waals surface area contributed by atoms with Crippen LogP contribution in [0.15, 0.2) is 28.2 Å². The van der Waals surface area contributed by atoms with Crippen LogP contribution in [0.3, 0.4) is 0 Å². The molecule has 0 atom stereocenters. The monoisotopic (exact) mass is 327 g/mol. The maximum atomic E-state index is 4.39. The molecule has 0 radical (unpaired) electrons. The van der Waals surface area contributed by atoms with Gasteiger partial charge in [0.25, 0.3) is 0 Å². The van der Waals surface area contributed by atoms with Gasteiger partial charge in [-0.25, -0.2) is 0 Å². The Morgan fingerprint density at radius 2 is 2.11 bits per heavy atom. The Kier molecular flexibility index (Phi) is 4.25. The van der Waals surface area contributed by atoms with Crippen molar-refractivity contribution in [3.05, 3.63) is 38.8 Å². The molecule has 5 heteroatoms. The second-order valence-corrected chi connectivity index (χ2v) is 7.84. The molecule has 0 aliphatic heterocycles. The summed E-state index contributed by atoms with van der Waals surface area (Å²) in [5.74, 6) is 0. The highest BCUT2D eigenvalue weighted by atomic mass is 79.9. The van der Waals surface area contributed by atoms with Gasteiger partial charge in [-0.1, -0.05) is 0 Å². The predicted octanol–water partition coefficient (Wildman–Crippen LogP) is 3.64. The molecule has 0 aliphatic carbocycles. The fraction of sp³-hybridized carbons (Fsp3) is 0.462. The molecule has 2 aromatic rings. The van der Waals surface area contributed by atoms with Crippen molar-refractivity contribution in [3.8, 4) is 0 Å². The molecule has 2 rings (SSSR count). The minimum Gasteiger partial charge on any atom is -0.306 e. The fourth-order valence-electron chi connectivity index (χ4n) is 1.59. The quantitative estimate of drug-likeness (QED) is 0.929. The lowest BCUT2D eigenvalue weighted by Gasteiger charge is -2.20. The van der Waals surface area contributed by atoms with E-state index < -0.39 is 0 Å². The highest BCUT2D eigenvalue weighted by Gasteiger charge is 2.11. The number of thiophene rings is 1. The molecule has 1 N–H and O–H groups in total. The maximum absolute atomic E-state index is 4.39. The number of nitrogens with one attached hydrogen (secondary N) is 1. The van der Waals surface area contributed by atoms with Crippen molar-refractivity contribution >= 4 is 27.3 Å². The molecule has 0 bridgehead atoms. The molecule has 98 valence electrons. The van der Waals surface area contributed by atoms with Gasteiger partial charge in [0.1, 0.15) is 0 Å². The van der Waals surface area contributed by atoms with Gasteiger partial charge in [0, 0.05) is 23.2 Å². The van der Waals surface area contributed by atoms with Crippen LogP contribution in [0.25, 0.3) is 0 Å². The summed E-state index contributed by atoms with van der Waals surface area (Å²) < 4.78 is 3.22. The molecular weight excluding hydrogens is 310 g/mol. The molecule has 0 unspecified atom stereocenters. The second kappa shape index (κ2) is 5.55. The van der Waals surface area contributed by atoms with Crippen LogP contribution in [0.4, 0.5) is 0 Å². The van der Waals surface area contributed by atoms with Crippen LogP contribution in [0.2, 0.25) is 0 Å². The van der Waals surface area contributed by atoms with E-state index in [2.05, 4.69) is 70.0 Å². The van der Waals surface area contributed by atoms with E-state index in [0.717, 1.165) is 13.1 Å². The van der Waals surface area contributed by atoms with Crippen molar-refractivity contribution in [1.82, 2.24) is 15.1 Å². The first-order valence-corrected chi connectivity index (χ1v) is 7.55. The molecule has 0 saturated heterocycles. The number of hydrogen-bond donors (Lipinski definition) is 1. The van der Waals surface area contributed by atoms with Crippen LogP contribution >= 0.6 is 27.3 Å². The van der Waals surface area contributed by atoms with Crippen LogP contribution < -0.4 is 5.32 Å². The van der Waals surface area contributed by atoms with Crippen molar-refractivity contribution in [2.45, 2.75) is 39.4 Å². The lowest BCUT2D eigenvalue weighted by molar-refractivity contribution is 0.414. The van der Waals surface area contributed by atoms with Gasteiger partial charge < -0.3 is 5.32 Å². The average molecular weight is 328 g/mol. The Morgan fingerprint density at radius 3 is 2.72 bits per heavy atom. The van der Waals surface area contributed by atoms with E-state index in [1.807, 2.05) is 6.20 Å². The first kappa shape index (κ1) is 13.8. The standard InChI is InChI=1S/C13H18BrN3S/c1-13(2,3)15-8-10-6-7-16-17(10)9-11-4-5-12(14)18-11/h4-7,15H,8-9H2,1-3H3. The summed E-state index contributed by atoms with van der Waals surface area (Å²) in [6.45, 7) is 8.19. The second-order valence-electron chi connectivity index (χ2n) is 5.29. The summed E-state index contributed by atoms with van der Waals surface area (Å²) in [6.07, 6.45) is 1.86. The Hall–Kier alpha value is -0.650. The number of halogens is 1. The minimum atomic E-state index is 0.126. The van der Waals surface area contributed by atoms with Gasteiger partial charge in [-0.05, 0) is 54.9 Å². The lowest BCUT2D eigenvalue weighted by Crippen LogP contribution is -2.35. The van der Waals surface area contributed by atoms with E-state index in [4.69, 9.17) is 0 Å². The van der Waals surface area contributed by atoms with Crippen LogP contribution in [-0.4, -0.2) is 15.3 Å². The van der Waals surface area contributed by atoms with Gasteiger partial charge in [0.2, 0.25) is 0 Å². The smallest absolute Gasteiger partial charge is 0.0756 e. The summed E-state index contributed by atoms with van der Waals surface area (Å²) >= 11 is 5.24. The number of rotatable bonds is 4. The molecule has 18 heavy (non-hydrogen) atoms. The fourth-order valence-corrected chi connectivity index (χ4v) is 3.06. The highest BCUT2D eigenvalue weighted by Crippen LogP contribution is 2.23. The third-order valence-corrected chi connectivity index (χ3v) is 4.15. The topological polar surface area (TPSA) is 29.9 Å². The van der Waals surface area contributed by atoms with E-state index in [9.17, 15) is 0 Å².